The van der Waals surface area contributed by atoms with Crippen molar-refractivity contribution in [3.8, 4) is 11.5 Å². The van der Waals surface area contributed by atoms with Gasteiger partial charge in [-0.2, -0.15) is 5.10 Å². The number of nitrogens with zero attached hydrogens (tertiary/aromatic N) is 1. The monoisotopic (exact) mass is 492 g/mol. The molecule has 0 atom stereocenters. The maximum Gasteiger partial charge on any atom is 0.329 e. The Morgan fingerprint density at radius 2 is 1.53 bits per heavy atom. The van der Waals surface area contributed by atoms with Gasteiger partial charge in [0.15, 0.2) is 11.5 Å². The number of hydrogen-bond acceptors (Lipinski definition) is 6. The Kier molecular flexibility index (Phi) is 8.71. The van der Waals surface area contributed by atoms with E-state index in [-0.39, 0.29) is 18.3 Å². The molecular formula is C26H25FN4O5. The molecule has 3 rings (SSSR count). The lowest BCUT2D eigenvalue weighted by molar-refractivity contribution is -0.136. The number of benzene rings is 3. The molecule has 3 amide bonds. The van der Waals surface area contributed by atoms with Gasteiger partial charge in [0.25, 0.3) is 0 Å². The van der Waals surface area contributed by atoms with Crippen LogP contribution in [-0.4, -0.2) is 30.5 Å². The van der Waals surface area contributed by atoms with Gasteiger partial charge in [0.05, 0.1) is 12.8 Å². The highest BCUT2D eigenvalue weighted by Crippen LogP contribution is 2.29. The first-order valence-electron chi connectivity index (χ1n) is 10.8. The second kappa shape index (κ2) is 12.1. The highest BCUT2D eigenvalue weighted by Gasteiger charge is 2.14. The molecule has 0 spiro atoms. The Hall–Kier alpha value is -4.73. The zero-order valence-electron chi connectivity index (χ0n) is 19.9. The number of anilines is 2. The van der Waals surface area contributed by atoms with Crippen LogP contribution < -0.4 is 25.5 Å². The quantitative estimate of drug-likeness (QED) is 0.251. The minimum atomic E-state index is -0.961. The van der Waals surface area contributed by atoms with Gasteiger partial charge in [0.2, 0.25) is 5.91 Å². The van der Waals surface area contributed by atoms with Crippen LogP contribution in [0.1, 0.15) is 25.0 Å². The zero-order chi connectivity index (χ0) is 26.1. The third kappa shape index (κ3) is 7.13. The minimum Gasteiger partial charge on any atom is -0.493 e. The van der Waals surface area contributed by atoms with Crippen LogP contribution in [0.4, 0.5) is 15.8 Å². The normalized spacial score (nSPS) is 10.8. The van der Waals surface area contributed by atoms with Crippen molar-refractivity contribution in [1.82, 2.24) is 5.43 Å². The van der Waals surface area contributed by atoms with Crippen LogP contribution in [0.25, 0.3) is 0 Å². The number of rotatable bonds is 8. The Labute approximate surface area is 207 Å². The smallest absolute Gasteiger partial charge is 0.329 e. The molecule has 36 heavy (non-hydrogen) atoms. The van der Waals surface area contributed by atoms with Gasteiger partial charge in [-0.3, -0.25) is 14.4 Å². The molecule has 0 unspecified atom stereocenters. The van der Waals surface area contributed by atoms with Crippen molar-refractivity contribution in [1.29, 1.82) is 0 Å². The fraction of sp³-hybridized carbons (Fsp3) is 0.154. The molecule has 0 fully saturated rings. The number of amides is 3. The number of halogens is 1. The molecule has 186 valence electrons. The average molecular weight is 493 g/mol. The van der Waals surface area contributed by atoms with Crippen LogP contribution in [0.5, 0.6) is 11.5 Å². The van der Waals surface area contributed by atoms with Gasteiger partial charge in [0.1, 0.15) is 12.4 Å². The Morgan fingerprint density at radius 3 is 2.17 bits per heavy atom. The van der Waals surface area contributed by atoms with Crippen molar-refractivity contribution >= 4 is 34.8 Å². The molecule has 3 aromatic carbocycles. The number of hydrazone groups is 1. The summed E-state index contributed by atoms with van der Waals surface area (Å²) in [7, 11) is 1.47. The Morgan fingerprint density at radius 1 is 0.861 bits per heavy atom. The number of carbonyl (C=O) groups is 3. The van der Waals surface area contributed by atoms with Crippen molar-refractivity contribution in [2.75, 3.05) is 17.7 Å². The minimum absolute atomic E-state index is 0.0244. The van der Waals surface area contributed by atoms with Crippen molar-refractivity contribution in [3.63, 3.8) is 0 Å². The summed E-state index contributed by atoms with van der Waals surface area (Å²) < 4.78 is 24.9. The highest BCUT2D eigenvalue weighted by molar-refractivity contribution is 6.39. The molecule has 0 aliphatic heterocycles. The van der Waals surface area contributed by atoms with Crippen LogP contribution in [0.3, 0.4) is 0 Å². The predicted molar refractivity (Wildman–Crippen MR) is 133 cm³/mol. The number of methoxy groups -OCH3 is 1. The molecule has 0 aliphatic carbocycles. The van der Waals surface area contributed by atoms with Gasteiger partial charge in [-0.05, 0) is 55.5 Å². The molecule has 9 nitrogen and oxygen atoms in total. The number of ether oxygens (including phenoxy) is 2. The van der Waals surface area contributed by atoms with Gasteiger partial charge < -0.3 is 20.1 Å². The first-order chi connectivity index (χ1) is 17.3. The SMILES string of the molecule is COc1cc(C(C)=NNC(=O)C(=O)Nc2ccc(NC(C)=O)cc2)ccc1OCc1ccccc1F. The summed E-state index contributed by atoms with van der Waals surface area (Å²) in [5, 5.41) is 9.03. The maximum absolute atomic E-state index is 13.8. The van der Waals surface area contributed by atoms with Gasteiger partial charge in [0, 0.05) is 29.4 Å². The summed E-state index contributed by atoms with van der Waals surface area (Å²) in [6.07, 6.45) is 0. The molecule has 0 aromatic heterocycles. The van der Waals surface area contributed by atoms with Crippen molar-refractivity contribution in [2.45, 2.75) is 20.5 Å². The van der Waals surface area contributed by atoms with Crippen LogP contribution in [-0.2, 0) is 21.0 Å². The summed E-state index contributed by atoms with van der Waals surface area (Å²) in [6, 6.07) is 17.6. The average Bonchev–Trinajstić information content (AvgIpc) is 2.87. The number of carbonyl (C=O) groups excluding carboxylic acids is 3. The van der Waals surface area contributed by atoms with E-state index in [9.17, 15) is 18.8 Å². The second-order valence-electron chi connectivity index (χ2n) is 7.60. The van der Waals surface area contributed by atoms with Crippen LogP contribution in [0.2, 0.25) is 0 Å². The molecular weight excluding hydrogens is 467 g/mol. The summed E-state index contributed by atoms with van der Waals surface area (Å²) in [5.41, 5.74) is 4.58. The van der Waals surface area contributed by atoms with E-state index in [1.165, 1.54) is 20.1 Å². The Balaban J connectivity index is 1.59. The topological polar surface area (TPSA) is 118 Å². The van der Waals surface area contributed by atoms with E-state index in [2.05, 4.69) is 21.2 Å². The predicted octanol–water partition coefficient (Wildman–Crippen LogP) is 3.85. The van der Waals surface area contributed by atoms with E-state index in [4.69, 9.17) is 9.47 Å². The van der Waals surface area contributed by atoms with Crippen LogP contribution in [0.15, 0.2) is 71.8 Å². The van der Waals surface area contributed by atoms with E-state index in [1.807, 2.05) is 0 Å². The van der Waals surface area contributed by atoms with Crippen molar-refractivity contribution in [3.05, 3.63) is 83.7 Å². The third-order valence-corrected chi connectivity index (χ3v) is 4.92. The van der Waals surface area contributed by atoms with Gasteiger partial charge in [-0.1, -0.05) is 18.2 Å². The van der Waals surface area contributed by atoms with Crippen molar-refractivity contribution < 1.29 is 28.2 Å². The van der Waals surface area contributed by atoms with Crippen LogP contribution in [0, 0.1) is 5.82 Å². The maximum atomic E-state index is 13.8. The van der Waals surface area contributed by atoms with Crippen molar-refractivity contribution in [2.24, 2.45) is 5.10 Å². The molecule has 10 heteroatoms. The molecule has 3 N–H and O–H groups in total. The fourth-order valence-electron chi connectivity index (χ4n) is 3.06. The lowest BCUT2D eigenvalue weighted by Crippen LogP contribution is -2.32. The largest absolute Gasteiger partial charge is 0.493 e. The summed E-state index contributed by atoms with van der Waals surface area (Å²) in [4.78, 5) is 35.4. The fourth-order valence-corrected chi connectivity index (χ4v) is 3.06. The molecule has 0 saturated heterocycles. The lowest BCUT2D eigenvalue weighted by atomic mass is 10.1. The first kappa shape index (κ1) is 25.9. The van der Waals surface area contributed by atoms with E-state index in [1.54, 1.807) is 67.6 Å². The van der Waals surface area contributed by atoms with E-state index < -0.39 is 11.8 Å². The van der Waals surface area contributed by atoms with E-state index in [0.717, 1.165) is 0 Å². The zero-order valence-corrected chi connectivity index (χ0v) is 19.9. The molecule has 0 bridgehead atoms. The van der Waals surface area contributed by atoms with Gasteiger partial charge in [-0.25, -0.2) is 9.82 Å². The van der Waals surface area contributed by atoms with E-state index >= 15 is 0 Å². The third-order valence-electron chi connectivity index (χ3n) is 4.92. The molecule has 0 radical (unpaired) electrons. The summed E-state index contributed by atoms with van der Waals surface area (Å²) >= 11 is 0. The molecule has 3 aromatic rings. The summed E-state index contributed by atoms with van der Waals surface area (Å²) in [5.74, 6) is -1.65. The first-order valence-corrected chi connectivity index (χ1v) is 10.8. The number of hydrogen-bond donors (Lipinski definition) is 3. The lowest BCUT2D eigenvalue weighted by Gasteiger charge is -2.13. The Bertz CT molecular complexity index is 1290. The number of nitrogens with one attached hydrogen (secondary N) is 3. The summed E-state index contributed by atoms with van der Waals surface area (Å²) in [6.45, 7) is 3.05. The standard InChI is InChI=1S/C26H25FN4O5/c1-16(30-31-26(34)25(33)29-21-11-9-20(10-12-21)28-17(2)32)18-8-13-23(24(14-18)35-3)36-15-19-6-4-5-7-22(19)27/h4-14H,15H2,1-3H3,(H,28,32)(H,29,33)(H,31,34). The van der Waals surface area contributed by atoms with E-state index in [0.29, 0.717) is 39.7 Å². The molecule has 0 heterocycles. The van der Waals surface area contributed by atoms with Crippen LogP contribution >= 0.6 is 0 Å². The second-order valence-corrected chi connectivity index (χ2v) is 7.60. The molecule has 0 aliphatic rings. The molecule has 0 saturated carbocycles. The van der Waals surface area contributed by atoms with Gasteiger partial charge >= 0.3 is 11.8 Å². The highest BCUT2D eigenvalue weighted by atomic mass is 19.1. The van der Waals surface area contributed by atoms with Gasteiger partial charge in [-0.15, -0.1) is 0 Å².